The number of hydrogen-bond acceptors (Lipinski definition) is 2. The van der Waals surface area contributed by atoms with Crippen LogP contribution in [0.3, 0.4) is 0 Å². The van der Waals surface area contributed by atoms with Gasteiger partial charge in [-0.1, -0.05) is 0 Å². The molecule has 1 rings (SSSR count). The molecule has 0 spiro atoms. The topological polar surface area (TPSA) is 69.6 Å². The molecule has 0 aromatic heterocycles. The number of halogens is 3. The minimum Gasteiger partial charge on any atom is -0.481 e. The van der Waals surface area contributed by atoms with E-state index in [2.05, 4.69) is 5.32 Å². The number of nitrogens with one attached hydrogen (secondary N) is 1. The third kappa shape index (κ3) is 4.42. The molecule has 1 fully saturated rings. The highest BCUT2D eigenvalue weighted by atomic mass is 19.4. The predicted octanol–water partition coefficient (Wildman–Crippen LogP) is 1.44. The number of aliphatic carboxylic acids is 1. The molecular weight excluding hydrogens is 253 g/mol. The van der Waals surface area contributed by atoms with Crippen molar-refractivity contribution in [2.75, 3.05) is 13.6 Å². The molecule has 0 aromatic carbocycles. The number of carboxylic acid groups (broad SMARTS) is 1. The fourth-order valence-electron chi connectivity index (χ4n) is 1.96. The number of nitrogens with zero attached hydrogens (tertiary/aromatic N) is 1. The molecule has 0 radical (unpaired) electrons. The van der Waals surface area contributed by atoms with Gasteiger partial charge in [-0.15, -0.1) is 0 Å². The van der Waals surface area contributed by atoms with Crippen LogP contribution in [0.25, 0.3) is 0 Å². The highest BCUT2D eigenvalue weighted by Crippen LogP contribution is 2.25. The van der Waals surface area contributed by atoms with E-state index in [0.717, 1.165) is 7.05 Å². The van der Waals surface area contributed by atoms with E-state index in [9.17, 15) is 22.8 Å². The van der Waals surface area contributed by atoms with Crippen LogP contribution in [0.15, 0.2) is 0 Å². The summed E-state index contributed by atoms with van der Waals surface area (Å²) < 4.78 is 36.1. The first-order chi connectivity index (χ1) is 8.19. The van der Waals surface area contributed by atoms with Crippen LogP contribution in [-0.2, 0) is 4.79 Å². The van der Waals surface area contributed by atoms with Crippen LogP contribution < -0.4 is 5.32 Å². The molecule has 8 heteroatoms. The van der Waals surface area contributed by atoms with Crippen LogP contribution in [0.1, 0.15) is 19.3 Å². The number of hydrogen-bond donors (Lipinski definition) is 2. The van der Waals surface area contributed by atoms with Crippen molar-refractivity contribution in [3.05, 3.63) is 0 Å². The third-order valence-corrected chi connectivity index (χ3v) is 2.87. The van der Waals surface area contributed by atoms with Crippen molar-refractivity contribution < 1.29 is 27.9 Å². The Hall–Kier alpha value is -1.47. The molecule has 0 aliphatic heterocycles. The second-order valence-corrected chi connectivity index (χ2v) is 4.47. The van der Waals surface area contributed by atoms with Crippen molar-refractivity contribution in [1.82, 2.24) is 10.2 Å². The van der Waals surface area contributed by atoms with Crippen LogP contribution in [0.2, 0.25) is 0 Å². The zero-order valence-corrected chi connectivity index (χ0v) is 9.83. The zero-order chi connectivity index (χ0) is 13.9. The summed E-state index contributed by atoms with van der Waals surface area (Å²) in [5.41, 5.74) is 0. The fraction of sp³-hybridized carbons (Fsp3) is 0.800. The summed E-state index contributed by atoms with van der Waals surface area (Å²) >= 11 is 0. The van der Waals surface area contributed by atoms with Gasteiger partial charge in [-0.3, -0.25) is 4.79 Å². The molecule has 1 aliphatic rings. The summed E-state index contributed by atoms with van der Waals surface area (Å²) in [6.45, 7) is -1.33. The van der Waals surface area contributed by atoms with Gasteiger partial charge in [-0.25, -0.2) is 4.79 Å². The first-order valence-electron chi connectivity index (χ1n) is 5.50. The second-order valence-electron chi connectivity index (χ2n) is 4.47. The zero-order valence-electron chi connectivity index (χ0n) is 9.83. The quantitative estimate of drug-likeness (QED) is 0.813. The van der Waals surface area contributed by atoms with Crippen LogP contribution in [0, 0.1) is 5.92 Å². The van der Waals surface area contributed by atoms with Crippen molar-refractivity contribution in [3.8, 4) is 0 Å². The molecule has 2 atom stereocenters. The number of carbonyl (C=O) groups is 2. The Balaban J connectivity index is 2.39. The first-order valence-corrected chi connectivity index (χ1v) is 5.50. The Morgan fingerprint density at radius 2 is 2.00 bits per heavy atom. The van der Waals surface area contributed by atoms with E-state index in [0.29, 0.717) is 17.7 Å². The number of carboxylic acids is 1. The van der Waals surface area contributed by atoms with E-state index in [1.165, 1.54) is 0 Å². The maximum atomic E-state index is 12.0. The summed E-state index contributed by atoms with van der Waals surface area (Å²) in [5.74, 6) is -1.46. The van der Waals surface area contributed by atoms with E-state index in [1.807, 2.05) is 0 Å². The highest BCUT2D eigenvalue weighted by Gasteiger charge is 2.34. The maximum Gasteiger partial charge on any atom is 0.406 e. The fourth-order valence-corrected chi connectivity index (χ4v) is 1.96. The van der Waals surface area contributed by atoms with Gasteiger partial charge >= 0.3 is 18.2 Å². The Bertz CT molecular complexity index is 333. The smallest absolute Gasteiger partial charge is 0.406 e. The van der Waals surface area contributed by atoms with Gasteiger partial charge in [-0.2, -0.15) is 13.2 Å². The predicted molar refractivity (Wildman–Crippen MR) is 56.0 cm³/mol. The minimum absolute atomic E-state index is 0.265. The van der Waals surface area contributed by atoms with Gasteiger partial charge in [0.1, 0.15) is 6.54 Å². The highest BCUT2D eigenvalue weighted by molar-refractivity contribution is 5.75. The largest absolute Gasteiger partial charge is 0.481 e. The van der Waals surface area contributed by atoms with Crippen LogP contribution >= 0.6 is 0 Å². The van der Waals surface area contributed by atoms with E-state index in [-0.39, 0.29) is 12.5 Å². The molecule has 0 saturated heterocycles. The summed E-state index contributed by atoms with van der Waals surface area (Å²) in [7, 11) is 1.05. The normalized spacial score (nSPS) is 23.8. The number of urea groups is 1. The first kappa shape index (κ1) is 14.6. The van der Waals surface area contributed by atoms with E-state index in [4.69, 9.17) is 5.11 Å². The van der Waals surface area contributed by atoms with Gasteiger partial charge in [0.05, 0.1) is 5.92 Å². The number of carbonyl (C=O) groups excluding carboxylic acids is 1. The lowest BCUT2D eigenvalue weighted by molar-refractivity contribution is -0.141. The Kier molecular flexibility index (Phi) is 4.42. The van der Waals surface area contributed by atoms with Crippen molar-refractivity contribution in [2.24, 2.45) is 5.92 Å². The lowest BCUT2D eigenvalue weighted by atomic mass is 10.1. The van der Waals surface area contributed by atoms with Gasteiger partial charge in [0.2, 0.25) is 0 Å². The van der Waals surface area contributed by atoms with Gasteiger partial charge in [-0.05, 0) is 19.3 Å². The lowest BCUT2D eigenvalue weighted by Gasteiger charge is -2.22. The summed E-state index contributed by atoms with van der Waals surface area (Å²) in [5, 5.41) is 11.2. The SMILES string of the molecule is CN(CC(F)(F)F)C(=O)NC1CCC(C(=O)O)C1. The number of rotatable bonds is 3. The number of alkyl halides is 3. The van der Waals surface area contributed by atoms with Crippen LogP contribution in [-0.4, -0.2) is 47.8 Å². The Labute approximate surface area is 102 Å². The molecule has 1 aliphatic carbocycles. The molecule has 18 heavy (non-hydrogen) atoms. The minimum atomic E-state index is -4.44. The molecule has 1 saturated carbocycles. The van der Waals surface area contributed by atoms with Crippen molar-refractivity contribution >= 4 is 12.0 Å². The van der Waals surface area contributed by atoms with E-state index in [1.54, 1.807) is 0 Å². The lowest BCUT2D eigenvalue weighted by Crippen LogP contribution is -2.45. The second kappa shape index (κ2) is 5.45. The van der Waals surface area contributed by atoms with Crippen molar-refractivity contribution in [1.29, 1.82) is 0 Å². The standard InChI is InChI=1S/C10H15F3N2O3/c1-15(5-10(11,12)13)9(18)14-7-3-2-6(4-7)8(16)17/h6-7H,2-5H2,1H3,(H,14,18)(H,16,17). The summed E-state index contributed by atoms with van der Waals surface area (Å²) in [6.07, 6.45) is -3.27. The molecule has 2 amide bonds. The van der Waals surface area contributed by atoms with Crippen LogP contribution in [0.5, 0.6) is 0 Å². The molecular formula is C10H15F3N2O3. The average molecular weight is 268 g/mol. The Morgan fingerprint density at radius 1 is 1.39 bits per heavy atom. The molecule has 2 N–H and O–H groups in total. The summed E-state index contributed by atoms with van der Waals surface area (Å²) in [6, 6.07) is -1.20. The monoisotopic (exact) mass is 268 g/mol. The third-order valence-electron chi connectivity index (χ3n) is 2.87. The number of amides is 2. The average Bonchev–Trinajstić information content (AvgIpc) is 2.63. The molecule has 5 nitrogen and oxygen atoms in total. The van der Waals surface area contributed by atoms with Crippen molar-refractivity contribution in [3.63, 3.8) is 0 Å². The molecule has 0 aromatic rings. The summed E-state index contributed by atoms with van der Waals surface area (Å²) in [4.78, 5) is 22.6. The Morgan fingerprint density at radius 3 is 2.44 bits per heavy atom. The molecule has 0 heterocycles. The maximum absolute atomic E-state index is 12.0. The molecule has 104 valence electrons. The van der Waals surface area contributed by atoms with Gasteiger partial charge < -0.3 is 15.3 Å². The van der Waals surface area contributed by atoms with Crippen LogP contribution in [0.4, 0.5) is 18.0 Å². The molecule has 2 unspecified atom stereocenters. The molecule has 0 bridgehead atoms. The van der Waals surface area contributed by atoms with Gasteiger partial charge in [0.25, 0.3) is 0 Å². The van der Waals surface area contributed by atoms with E-state index >= 15 is 0 Å². The van der Waals surface area contributed by atoms with E-state index < -0.39 is 30.6 Å². The van der Waals surface area contributed by atoms with Gasteiger partial charge in [0.15, 0.2) is 0 Å². The van der Waals surface area contributed by atoms with Crippen molar-refractivity contribution in [2.45, 2.75) is 31.5 Å². The van der Waals surface area contributed by atoms with Gasteiger partial charge in [0, 0.05) is 13.1 Å².